The van der Waals surface area contributed by atoms with Gasteiger partial charge in [0.25, 0.3) is 0 Å². The molecule has 6 fully saturated rings. The quantitative estimate of drug-likeness (QED) is 0.520. The lowest BCUT2D eigenvalue weighted by Gasteiger charge is -2.62. The zero-order chi connectivity index (χ0) is 24.0. The summed E-state index contributed by atoms with van der Waals surface area (Å²) in [4.78, 5) is 12.4. The monoisotopic (exact) mass is 474 g/mol. The Morgan fingerprint density at radius 2 is 1.76 bits per heavy atom. The maximum Gasteiger partial charge on any atom is 0.303 e. The predicted octanol–water partition coefficient (Wildman–Crippen LogP) is 5.34. The van der Waals surface area contributed by atoms with E-state index in [1.165, 1.54) is 32.1 Å². The summed E-state index contributed by atoms with van der Waals surface area (Å²) in [6.07, 6.45) is 9.70. The van der Waals surface area contributed by atoms with Gasteiger partial charge in [0, 0.05) is 31.1 Å². The summed E-state index contributed by atoms with van der Waals surface area (Å²) in [5.41, 5.74) is 0.0925. The van der Waals surface area contributed by atoms with Gasteiger partial charge in [-0.3, -0.25) is 4.79 Å². The van der Waals surface area contributed by atoms with E-state index < -0.39 is 5.79 Å². The molecular formula is C29H46O5. The third-order valence-electron chi connectivity index (χ3n) is 12.1. The lowest BCUT2D eigenvalue weighted by atomic mass is 9.43. The second-order valence-electron chi connectivity index (χ2n) is 13.8. The molecule has 4 aliphatic carbocycles. The van der Waals surface area contributed by atoms with E-state index in [1.54, 1.807) is 6.92 Å². The Balaban J connectivity index is 1.39. The Bertz CT molecular complexity index is 819. The molecule has 6 rings (SSSR count). The molecule has 34 heavy (non-hydrogen) atoms. The van der Waals surface area contributed by atoms with E-state index >= 15 is 0 Å². The highest BCUT2D eigenvalue weighted by Crippen LogP contribution is 2.71. The highest BCUT2D eigenvalue weighted by molar-refractivity contribution is 5.66. The number of esters is 1. The Morgan fingerprint density at radius 1 is 0.971 bits per heavy atom. The largest absolute Gasteiger partial charge is 0.459 e. The maximum absolute atomic E-state index is 12.4. The van der Waals surface area contributed by atoms with Gasteiger partial charge in [-0.2, -0.15) is 0 Å². The third-order valence-corrected chi connectivity index (χ3v) is 12.1. The molecule has 0 radical (unpaired) electrons. The summed E-state index contributed by atoms with van der Waals surface area (Å²) >= 11 is 0. The van der Waals surface area contributed by atoms with E-state index in [1.807, 2.05) is 0 Å². The van der Waals surface area contributed by atoms with Gasteiger partial charge in [0.05, 0.1) is 12.7 Å². The zero-order valence-electron chi connectivity index (χ0n) is 21.9. The van der Waals surface area contributed by atoms with Crippen LogP contribution < -0.4 is 0 Å². The molecule has 6 aliphatic rings. The fourth-order valence-electron chi connectivity index (χ4n) is 10.8. The van der Waals surface area contributed by atoms with Crippen molar-refractivity contribution in [2.75, 3.05) is 6.61 Å². The second kappa shape index (κ2) is 7.92. The van der Waals surface area contributed by atoms with Crippen molar-refractivity contribution >= 4 is 5.97 Å². The lowest BCUT2D eigenvalue weighted by molar-refractivity contribution is -0.285. The van der Waals surface area contributed by atoms with Crippen LogP contribution >= 0.6 is 0 Å². The standard InChI is InChI=1S/C29H46O5/c1-16-11-13-29(32-15-16)17(2)22-26(34-29)25(33-18(3)30)24-20-10-9-19-8-6-7-12-27(19,4)23(20)21(31)14-28(22,24)5/h16-17,19-26,31H,6-15H2,1-5H3/t16-,17+,19?,20-,21?,22+,23-,24-,25?,26-,27+,28-,29-/m1/s1. The molecule has 13 atom stereocenters. The van der Waals surface area contributed by atoms with Crippen molar-refractivity contribution in [1.29, 1.82) is 0 Å². The first-order valence-corrected chi connectivity index (χ1v) is 14.3. The fraction of sp³-hybridized carbons (Fsp3) is 0.966. The average molecular weight is 475 g/mol. The highest BCUT2D eigenvalue weighted by Gasteiger charge is 2.74. The molecule has 3 unspecified atom stereocenters. The molecule has 0 aromatic carbocycles. The van der Waals surface area contributed by atoms with E-state index in [2.05, 4.69) is 27.7 Å². The summed E-state index contributed by atoms with van der Waals surface area (Å²) in [6, 6.07) is 0. The highest BCUT2D eigenvalue weighted by atomic mass is 16.7. The number of fused-ring (bicyclic) bond motifs is 7. The lowest BCUT2D eigenvalue weighted by Crippen LogP contribution is -2.60. The number of carbonyl (C=O) groups excluding carboxylic acids is 1. The first kappa shape index (κ1) is 23.7. The van der Waals surface area contributed by atoms with Crippen molar-refractivity contribution in [3.8, 4) is 0 Å². The Morgan fingerprint density at radius 3 is 2.47 bits per heavy atom. The third kappa shape index (κ3) is 3.11. The number of carbonyl (C=O) groups is 1. The van der Waals surface area contributed by atoms with Crippen LogP contribution in [0, 0.1) is 52.3 Å². The minimum Gasteiger partial charge on any atom is -0.459 e. The van der Waals surface area contributed by atoms with Crippen LogP contribution in [0.2, 0.25) is 0 Å². The van der Waals surface area contributed by atoms with Gasteiger partial charge in [-0.15, -0.1) is 0 Å². The molecular weight excluding hydrogens is 428 g/mol. The topological polar surface area (TPSA) is 65.0 Å². The second-order valence-corrected chi connectivity index (χ2v) is 13.8. The minimum absolute atomic E-state index is 0.113. The van der Waals surface area contributed by atoms with Crippen molar-refractivity contribution in [3.63, 3.8) is 0 Å². The van der Waals surface area contributed by atoms with Crippen LogP contribution in [0.4, 0.5) is 0 Å². The smallest absolute Gasteiger partial charge is 0.303 e. The number of hydrogen-bond donors (Lipinski definition) is 1. The first-order valence-electron chi connectivity index (χ1n) is 14.3. The molecule has 1 N–H and O–H groups in total. The van der Waals surface area contributed by atoms with E-state index in [0.29, 0.717) is 17.8 Å². The Kier molecular flexibility index (Phi) is 5.53. The number of hydrogen-bond acceptors (Lipinski definition) is 5. The van der Waals surface area contributed by atoms with E-state index in [9.17, 15) is 9.90 Å². The predicted molar refractivity (Wildman–Crippen MR) is 129 cm³/mol. The van der Waals surface area contributed by atoms with Crippen LogP contribution in [0.1, 0.15) is 92.4 Å². The summed E-state index contributed by atoms with van der Waals surface area (Å²) in [6.45, 7) is 11.7. The molecule has 0 aromatic rings. The molecule has 192 valence electrons. The van der Waals surface area contributed by atoms with Crippen molar-refractivity contribution in [2.45, 2.75) is 117 Å². The molecule has 2 aliphatic heterocycles. The molecule has 4 saturated carbocycles. The van der Waals surface area contributed by atoms with Crippen molar-refractivity contribution < 1.29 is 24.1 Å². The molecule has 2 heterocycles. The molecule has 0 aromatic heterocycles. The van der Waals surface area contributed by atoms with Crippen molar-refractivity contribution in [2.24, 2.45) is 52.3 Å². The molecule has 5 heteroatoms. The van der Waals surface area contributed by atoms with Gasteiger partial charge < -0.3 is 19.3 Å². The maximum atomic E-state index is 12.4. The minimum atomic E-state index is -0.566. The summed E-state index contributed by atoms with van der Waals surface area (Å²) < 4.78 is 19.6. The van der Waals surface area contributed by atoms with E-state index in [4.69, 9.17) is 14.2 Å². The summed E-state index contributed by atoms with van der Waals surface area (Å²) in [7, 11) is 0. The first-order chi connectivity index (χ1) is 16.1. The average Bonchev–Trinajstić information content (AvgIpc) is 3.18. The van der Waals surface area contributed by atoms with Crippen molar-refractivity contribution in [3.05, 3.63) is 0 Å². The van der Waals surface area contributed by atoms with Gasteiger partial charge in [0.15, 0.2) is 5.79 Å². The van der Waals surface area contributed by atoms with Gasteiger partial charge >= 0.3 is 5.97 Å². The van der Waals surface area contributed by atoms with Crippen LogP contribution in [0.3, 0.4) is 0 Å². The van der Waals surface area contributed by atoms with E-state index in [0.717, 1.165) is 38.2 Å². The van der Waals surface area contributed by atoms with Crippen LogP contribution in [-0.4, -0.2) is 41.8 Å². The van der Waals surface area contributed by atoms with Gasteiger partial charge in [-0.1, -0.05) is 40.5 Å². The Labute approximate surface area is 205 Å². The summed E-state index contributed by atoms with van der Waals surface area (Å²) in [5, 5.41) is 11.9. The number of aliphatic hydroxyl groups is 1. The SMILES string of the molecule is CC(=O)OC1[C@@H]2O[C@]3(CC[C@@H](C)CO3)[C@@H](C)[C@@H]2[C@@]2(C)CC(O)[C@H]3[C@@H](CCC4CCCC[C@@]43C)[C@H]12. The fourth-order valence-corrected chi connectivity index (χ4v) is 10.8. The van der Waals surface area contributed by atoms with Gasteiger partial charge in [0.1, 0.15) is 12.2 Å². The molecule has 5 nitrogen and oxygen atoms in total. The number of rotatable bonds is 1. The van der Waals surface area contributed by atoms with Crippen LogP contribution in [0.5, 0.6) is 0 Å². The molecule has 0 bridgehead atoms. The number of ether oxygens (including phenoxy) is 3. The van der Waals surface area contributed by atoms with Crippen molar-refractivity contribution in [1.82, 2.24) is 0 Å². The molecule has 0 amide bonds. The number of aliphatic hydroxyl groups excluding tert-OH is 1. The van der Waals surface area contributed by atoms with Crippen LogP contribution in [0.25, 0.3) is 0 Å². The van der Waals surface area contributed by atoms with Gasteiger partial charge in [-0.05, 0) is 73.0 Å². The van der Waals surface area contributed by atoms with Crippen LogP contribution in [-0.2, 0) is 19.0 Å². The molecule has 2 saturated heterocycles. The van der Waals surface area contributed by atoms with Gasteiger partial charge in [-0.25, -0.2) is 0 Å². The Hall–Kier alpha value is -0.650. The van der Waals surface area contributed by atoms with Gasteiger partial charge in [0.2, 0.25) is 0 Å². The zero-order valence-corrected chi connectivity index (χ0v) is 21.9. The van der Waals surface area contributed by atoms with Crippen LogP contribution in [0.15, 0.2) is 0 Å². The summed E-state index contributed by atoms with van der Waals surface area (Å²) in [5.74, 6) is 1.92. The van der Waals surface area contributed by atoms with E-state index in [-0.39, 0.29) is 52.9 Å². The molecule has 1 spiro atoms. The normalized spacial score (nSPS) is 58.5.